The number of benzene rings is 1. The molecule has 3 nitrogen and oxygen atoms in total. The highest BCUT2D eigenvalue weighted by Gasteiger charge is 2.31. The zero-order valence-corrected chi connectivity index (χ0v) is 13.6. The van der Waals surface area contributed by atoms with Gasteiger partial charge >= 0.3 is 0 Å². The molecule has 1 aromatic carbocycles. The number of hydrogen-bond donors (Lipinski definition) is 1. The summed E-state index contributed by atoms with van der Waals surface area (Å²) in [5.41, 5.74) is 0.0829. The molecule has 0 aromatic heterocycles. The molecule has 0 unspecified atom stereocenters. The lowest BCUT2D eigenvalue weighted by Crippen LogP contribution is -2.29. The molecule has 0 aliphatic rings. The van der Waals surface area contributed by atoms with Gasteiger partial charge in [-0.1, -0.05) is 33.8 Å². The average Bonchev–Trinajstić information content (AvgIpc) is 2.35. The van der Waals surface area contributed by atoms with E-state index in [1.54, 1.807) is 14.2 Å². The summed E-state index contributed by atoms with van der Waals surface area (Å²) >= 11 is 0. The molecular formula is C17H28O3. The zero-order valence-electron chi connectivity index (χ0n) is 13.6. The minimum absolute atomic E-state index is 0.423. The number of ether oxygens (including phenoxy) is 2. The highest BCUT2D eigenvalue weighted by Crippen LogP contribution is 2.38. The smallest absolute Gasteiger partial charge is 0.161 e. The van der Waals surface area contributed by atoms with Crippen LogP contribution >= 0.6 is 0 Å². The van der Waals surface area contributed by atoms with Gasteiger partial charge in [0.1, 0.15) is 0 Å². The largest absolute Gasteiger partial charge is 0.493 e. The summed E-state index contributed by atoms with van der Waals surface area (Å²) in [6.07, 6.45) is 1.47. The van der Waals surface area contributed by atoms with E-state index >= 15 is 0 Å². The molecule has 1 rings (SSSR count). The molecule has 20 heavy (non-hydrogen) atoms. The first-order valence-corrected chi connectivity index (χ1v) is 7.27. The van der Waals surface area contributed by atoms with Crippen LogP contribution in [0.5, 0.6) is 11.5 Å². The fourth-order valence-corrected chi connectivity index (χ4v) is 2.80. The third kappa shape index (κ3) is 4.14. The van der Waals surface area contributed by atoms with Crippen molar-refractivity contribution in [3.63, 3.8) is 0 Å². The minimum Gasteiger partial charge on any atom is -0.493 e. The first-order chi connectivity index (χ1) is 9.32. The van der Waals surface area contributed by atoms with Crippen LogP contribution in [0.4, 0.5) is 0 Å². The molecule has 0 amide bonds. The molecule has 0 fully saturated rings. The van der Waals surface area contributed by atoms with Crippen molar-refractivity contribution < 1.29 is 14.6 Å². The lowest BCUT2D eigenvalue weighted by atomic mass is 9.79. The van der Waals surface area contributed by atoms with Crippen LogP contribution in [-0.4, -0.2) is 19.3 Å². The number of aliphatic hydroxyl groups is 1. The van der Waals surface area contributed by atoms with Gasteiger partial charge in [0.25, 0.3) is 0 Å². The van der Waals surface area contributed by atoms with Crippen LogP contribution in [-0.2, 0) is 5.60 Å². The second-order valence-electron chi connectivity index (χ2n) is 6.30. The van der Waals surface area contributed by atoms with Crippen LogP contribution in [0.3, 0.4) is 0 Å². The monoisotopic (exact) mass is 280 g/mol. The molecule has 0 heterocycles. The van der Waals surface area contributed by atoms with Gasteiger partial charge in [-0.3, -0.25) is 0 Å². The third-order valence-corrected chi connectivity index (χ3v) is 3.41. The van der Waals surface area contributed by atoms with Gasteiger partial charge in [-0.25, -0.2) is 0 Å². The topological polar surface area (TPSA) is 38.7 Å². The van der Waals surface area contributed by atoms with Gasteiger partial charge in [0.05, 0.1) is 19.8 Å². The van der Waals surface area contributed by atoms with Gasteiger partial charge in [0.2, 0.25) is 0 Å². The van der Waals surface area contributed by atoms with Gasteiger partial charge in [0.15, 0.2) is 11.5 Å². The molecule has 0 radical (unpaired) electrons. The Morgan fingerprint density at radius 1 is 0.950 bits per heavy atom. The van der Waals surface area contributed by atoms with Crippen molar-refractivity contribution in [2.45, 2.75) is 46.1 Å². The van der Waals surface area contributed by atoms with Gasteiger partial charge in [0, 0.05) is 0 Å². The summed E-state index contributed by atoms with van der Waals surface area (Å²) in [6.45, 7) is 8.52. The van der Waals surface area contributed by atoms with Crippen LogP contribution in [0.15, 0.2) is 18.2 Å². The van der Waals surface area contributed by atoms with Crippen molar-refractivity contribution in [2.24, 2.45) is 11.8 Å². The molecule has 3 heteroatoms. The Morgan fingerprint density at radius 2 is 1.45 bits per heavy atom. The van der Waals surface area contributed by atoms with Crippen LogP contribution in [0.25, 0.3) is 0 Å². The van der Waals surface area contributed by atoms with Gasteiger partial charge < -0.3 is 14.6 Å². The lowest BCUT2D eigenvalue weighted by Gasteiger charge is -2.32. The molecule has 1 N–H and O–H groups in total. The van der Waals surface area contributed by atoms with E-state index in [0.717, 1.165) is 18.4 Å². The average molecular weight is 280 g/mol. The summed E-state index contributed by atoms with van der Waals surface area (Å²) in [6, 6.07) is 5.69. The molecule has 0 atom stereocenters. The van der Waals surface area contributed by atoms with E-state index in [9.17, 15) is 5.11 Å². The van der Waals surface area contributed by atoms with E-state index in [2.05, 4.69) is 27.7 Å². The van der Waals surface area contributed by atoms with Crippen molar-refractivity contribution in [1.29, 1.82) is 0 Å². The molecule has 0 aliphatic carbocycles. The molecule has 1 aromatic rings. The maximum atomic E-state index is 11.1. The summed E-state index contributed by atoms with van der Waals surface area (Å²) in [5, 5.41) is 11.1. The standard InChI is InChI=1S/C17H28O3/c1-12(2)10-17(18,11-13(3)4)14-7-8-15(19-5)16(9-14)20-6/h7-9,12-13,18H,10-11H2,1-6H3. The lowest BCUT2D eigenvalue weighted by molar-refractivity contribution is -0.00470. The summed E-state index contributed by atoms with van der Waals surface area (Å²) in [7, 11) is 3.23. The summed E-state index contributed by atoms with van der Waals surface area (Å²) in [5.74, 6) is 2.20. The highest BCUT2D eigenvalue weighted by molar-refractivity contribution is 5.44. The Kier molecular flexibility index (Phi) is 5.88. The van der Waals surface area contributed by atoms with E-state index in [0.29, 0.717) is 23.3 Å². The highest BCUT2D eigenvalue weighted by atomic mass is 16.5. The maximum absolute atomic E-state index is 11.1. The normalized spacial score (nSPS) is 12.1. The molecule has 0 saturated heterocycles. The Hall–Kier alpha value is -1.22. The molecular weight excluding hydrogens is 252 g/mol. The van der Waals surface area contributed by atoms with E-state index in [1.807, 2.05) is 18.2 Å². The molecule has 0 bridgehead atoms. The van der Waals surface area contributed by atoms with E-state index in [-0.39, 0.29) is 0 Å². The Bertz CT molecular complexity index is 414. The van der Waals surface area contributed by atoms with E-state index in [1.165, 1.54) is 0 Å². The van der Waals surface area contributed by atoms with Crippen molar-refractivity contribution in [1.82, 2.24) is 0 Å². The van der Waals surface area contributed by atoms with E-state index < -0.39 is 5.60 Å². The Balaban J connectivity index is 3.19. The number of hydrogen-bond acceptors (Lipinski definition) is 3. The SMILES string of the molecule is COc1ccc(C(O)(CC(C)C)CC(C)C)cc1OC. The van der Waals surface area contributed by atoms with Gasteiger partial charge in [-0.2, -0.15) is 0 Å². The Labute approximate surface area is 122 Å². The van der Waals surface area contributed by atoms with Crippen molar-refractivity contribution >= 4 is 0 Å². The second kappa shape index (κ2) is 6.98. The Morgan fingerprint density at radius 3 is 1.85 bits per heavy atom. The predicted molar refractivity (Wildman–Crippen MR) is 82.4 cm³/mol. The first kappa shape index (κ1) is 16.8. The predicted octanol–water partition coefficient (Wildman–Crippen LogP) is 3.98. The zero-order chi connectivity index (χ0) is 15.3. The van der Waals surface area contributed by atoms with Gasteiger partial charge in [-0.05, 0) is 42.4 Å². The summed E-state index contributed by atoms with van der Waals surface area (Å²) in [4.78, 5) is 0. The van der Waals surface area contributed by atoms with Crippen molar-refractivity contribution in [3.05, 3.63) is 23.8 Å². The minimum atomic E-state index is -0.818. The van der Waals surface area contributed by atoms with Crippen LogP contribution in [0.1, 0.15) is 46.1 Å². The van der Waals surface area contributed by atoms with E-state index in [4.69, 9.17) is 9.47 Å². The fourth-order valence-electron chi connectivity index (χ4n) is 2.80. The molecule has 0 saturated carbocycles. The number of methoxy groups -OCH3 is 2. The summed E-state index contributed by atoms with van der Waals surface area (Å²) < 4.78 is 10.6. The maximum Gasteiger partial charge on any atom is 0.161 e. The first-order valence-electron chi connectivity index (χ1n) is 7.27. The van der Waals surface area contributed by atoms with Crippen molar-refractivity contribution in [3.8, 4) is 11.5 Å². The number of rotatable bonds is 7. The third-order valence-electron chi connectivity index (χ3n) is 3.41. The van der Waals surface area contributed by atoms with Crippen LogP contribution in [0.2, 0.25) is 0 Å². The van der Waals surface area contributed by atoms with Gasteiger partial charge in [-0.15, -0.1) is 0 Å². The van der Waals surface area contributed by atoms with Crippen LogP contribution in [0, 0.1) is 11.8 Å². The van der Waals surface area contributed by atoms with Crippen molar-refractivity contribution in [2.75, 3.05) is 14.2 Å². The second-order valence-corrected chi connectivity index (χ2v) is 6.30. The molecule has 114 valence electrons. The quantitative estimate of drug-likeness (QED) is 0.821. The molecule has 0 aliphatic heterocycles. The fraction of sp³-hybridized carbons (Fsp3) is 0.647. The van der Waals surface area contributed by atoms with Crippen LogP contribution < -0.4 is 9.47 Å². The molecule has 0 spiro atoms.